The third-order valence-electron chi connectivity index (χ3n) is 3.08. The number of carbonyl (C=O) groups is 1. The molecule has 7 heteroatoms. The molecule has 0 aliphatic rings. The zero-order valence-electron chi connectivity index (χ0n) is 11.7. The zero-order chi connectivity index (χ0) is 16.3. The minimum atomic E-state index is -3.89. The average Bonchev–Trinajstić information content (AvgIpc) is 2.48. The van der Waals surface area contributed by atoms with E-state index in [1.807, 2.05) is 0 Å². The number of carboxylic acids is 1. The van der Waals surface area contributed by atoms with Crippen LogP contribution in [-0.4, -0.2) is 20.9 Å². The predicted molar refractivity (Wildman–Crippen MR) is 82.4 cm³/mol. The van der Waals surface area contributed by atoms with Gasteiger partial charge < -0.3 is 9.90 Å². The van der Waals surface area contributed by atoms with Gasteiger partial charge >= 0.3 is 0 Å². The van der Waals surface area contributed by atoms with Crippen molar-refractivity contribution in [1.82, 2.24) is 0 Å². The van der Waals surface area contributed by atoms with Crippen molar-refractivity contribution in [3.05, 3.63) is 59.1 Å². The smallest absolute Gasteiger partial charge is 0.264 e. The number of anilines is 1. The van der Waals surface area contributed by atoms with Gasteiger partial charge in [0, 0.05) is 17.1 Å². The van der Waals surface area contributed by atoms with Gasteiger partial charge in [0.1, 0.15) is 0 Å². The second-order valence-electron chi connectivity index (χ2n) is 4.43. The van der Waals surface area contributed by atoms with E-state index < -0.39 is 16.0 Å². The summed E-state index contributed by atoms with van der Waals surface area (Å²) in [7, 11) is -3.89. The summed E-state index contributed by atoms with van der Waals surface area (Å²) in [5.74, 6) is -1.52. The number of carbonyl (C=O) groups excluding carboxylic acids is 1. The van der Waals surface area contributed by atoms with E-state index in [0.717, 1.165) is 6.07 Å². The van der Waals surface area contributed by atoms with Gasteiger partial charge in [-0.25, -0.2) is 8.42 Å². The van der Waals surface area contributed by atoms with E-state index in [2.05, 4.69) is 0 Å². The predicted octanol–water partition coefficient (Wildman–Crippen LogP) is 1.92. The lowest BCUT2D eigenvalue weighted by Gasteiger charge is -2.23. The number of para-hydroxylation sites is 1. The number of hydrogen-bond acceptors (Lipinski definition) is 4. The summed E-state index contributed by atoms with van der Waals surface area (Å²) in [5, 5.41) is 10.9. The average molecular weight is 339 g/mol. The molecule has 0 spiro atoms. The number of rotatable bonds is 5. The molecule has 0 atom stereocenters. The molecule has 0 heterocycles. The lowest BCUT2D eigenvalue weighted by molar-refractivity contribution is -0.255. The monoisotopic (exact) mass is 338 g/mol. The zero-order valence-corrected chi connectivity index (χ0v) is 13.3. The number of nitrogens with zero attached hydrogens (tertiary/aromatic N) is 1. The first-order chi connectivity index (χ1) is 10.4. The summed E-state index contributed by atoms with van der Waals surface area (Å²) < 4.78 is 26.6. The summed E-state index contributed by atoms with van der Waals surface area (Å²) in [6.07, 6.45) is 0. The normalized spacial score (nSPS) is 11.2. The molecule has 5 nitrogen and oxygen atoms in total. The Bertz CT molecular complexity index is 790. The van der Waals surface area contributed by atoms with Gasteiger partial charge in [0.25, 0.3) is 10.0 Å². The first-order valence-electron chi connectivity index (χ1n) is 6.46. The van der Waals surface area contributed by atoms with Crippen molar-refractivity contribution < 1.29 is 18.3 Å². The lowest BCUT2D eigenvalue weighted by Crippen LogP contribution is -2.31. The third-order valence-corrected chi connectivity index (χ3v) is 5.31. The largest absolute Gasteiger partial charge is 0.545 e. The van der Waals surface area contributed by atoms with Crippen molar-refractivity contribution in [2.24, 2.45) is 0 Å². The maximum Gasteiger partial charge on any atom is 0.264 e. The molecule has 22 heavy (non-hydrogen) atoms. The van der Waals surface area contributed by atoms with E-state index in [1.54, 1.807) is 37.3 Å². The lowest BCUT2D eigenvalue weighted by atomic mass is 10.2. The summed E-state index contributed by atoms with van der Waals surface area (Å²) >= 11 is 5.74. The Morgan fingerprint density at radius 3 is 2.36 bits per heavy atom. The fraction of sp³-hybridized carbons (Fsp3) is 0.133. The molecule has 0 radical (unpaired) electrons. The maximum atomic E-state index is 12.7. The Hall–Kier alpha value is -2.05. The molecule has 0 aromatic heterocycles. The van der Waals surface area contributed by atoms with Gasteiger partial charge in [-0.1, -0.05) is 29.8 Å². The number of hydrogen-bond donors (Lipinski definition) is 0. The molecule has 0 N–H and O–H groups in total. The number of carboxylic acid groups (broad SMARTS) is 1. The van der Waals surface area contributed by atoms with Crippen molar-refractivity contribution in [1.29, 1.82) is 0 Å². The SMILES string of the molecule is CCN(c1ccccc1)S(=O)(=O)c1ccc(Cl)c(C(=O)[O-])c1. The summed E-state index contributed by atoms with van der Waals surface area (Å²) in [5.41, 5.74) is 0.141. The van der Waals surface area contributed by atoms with Crippen LogP contribution < -0.4 is 9.41 Å². The van der Waals surface area contributed by atoms with Crippen LogP contribution in [0.5, 0.6) is 0 Å². The van der Waals surface area contributed by atoms with Crippen molar-refractivity contribution in [2.75, 3.05) is 10.8 Å². The number of benzene rings is 2. The van der Waals surface area contributed by atoms with E-state index in [1.165, 1.54) is 16.4 Å². The molecule has 0 bridgehead atoms. The Morgan fingerprint density at radius 1 is 1.18 bits per heavy atom. The van der Waals surface area contributed by atoms with Gasteiger partial charge in [0.2, 0.25) is 0 Å². The van der Waals surface area contributed by atoms with E-state index in [9.17, 15) is 18.3 Å². The van der Waals surface area contributed by atoms with Gasteiger partial charge in [-0.2, -0.15) is 0 Å². The van der Waals surface area contributed by atoms with E-state index in [0.29, 0.717) is 5.69 Å². The standard InChI is InChI=1S/C15H14ClNO4S/c1-2-17(11-6-4-3-5-7-11)22(20,21)12-8-9-14(16)13(10-12)15(18)19/h3-10H,2H2,1H3,(H,18,19)/p-1. The molecule has 0 unspecified atom stereocenters. The van der Waals surface area contributed by atoms with E-state index >= 15 is 0 Å². The first-order valence-corrected chi connectivity index (χ1v) is 8.28. The number of halogens is 1. The highest BCUT2D eigenvalue weighted by atomic mass is 35.5. The fourth-order valence-corrected chi connectivity index (χ4v) is 3.73. The van der Waals surface area contributed by atoms with E-state index in [-0.39, 0.29) is 22.0 Å². The highest BCUT2D eigenvalue weighted by Crippen LogP contribution is 2.26. The molecular formula is C15H13ClNO4S-. The first kappa shape index (κ1) is 16.3. The van der Waals surface area contributed by atoms with Crippen molar-refractivity contribution in [2.45, 2.75) is 11.8 Å². The van der Waals surface area contributed by atoms with Crippen LogP contribution in [0.15, 0.2) is 53.4 Å². The minimum absolute atomic E-state index is 0.0679. The van der Waals surface area contributed by atoms with Gasteiger partial charge in [0.15, 0.2) is 0 Å². The summed E-state index contributed by atoms with van der Waals surface area (Å²) in [4.78, 5) is 10.9. The Kier molecular flexibility index (Phi) is 4.73. The maximum absolute atomic E-state index is 12.7. The molecule has 2 rings (SSSR count). The third kappa shape index (κ3) is 3.08. The summed E-state index contributed by atoms with van der Waals surface area (Å²) in [6.45, 7) is 1.90. The molecule has 2 aromatic carbocycles. The van der Waals surface area contributed by atoms with Crippen molar-refractivity contribution >= 4 is 33.3 Å². The van der Waals surface area contributed by atoms with E-state index in [4.69, 9.17) is 11.6 Å². The number of aromatic carboxylic acids is 1. The minimum Gasteiger partial charge on any atom is -0.545 e. The van der Waals surface area contributed by atoms with Gasteiger partial charge in [0.05, 0.1) is 16.6 Å². The Labute approximate surface area is 133 Å². The van der Waals surface area contributed by atoms with Crippen molar-refractivity contribution in [3.8, 4) is 0 Å². The molecule has 0 aliphatic heterocycles. The molecule has 0 fully saturated rings. The molecule has 0 amide bonds. The quantitative estimate of drug-likeness (QED) is 0.834. The van der Waals surface area contributed by atoms with Crippen LogP contribution >= 0.6 is 11.6 Å². The van der Waals surface area contributed by atoms with Crippen LogP contribution in [-0.2, 0) is 10.0 Å². The summed E-state index contributed by atoms with van der Waals surface area (Å²) in [6, 6.07) is 12.1. The molecule has 0 saturated carbocycles. The van der Waals surface area contributed by atoms with Gasteiger partial charge in [-0.05, 0) is 37.3 Å². The highest BCUT2D eigenvalue weighted by molar-refractivity contribution is 7.92. The van der Waals surface area contributed by atoms with Crippen LogP contribution in [0, 0.1) is 0 Å². The fourth-order valence-electron chi connectivity index (χ4n) is 2.03. The van der Waals surface area contributed by atoms with Crippen molar-refractivity contribution in [3.63, 3.8) is 0 Å². The van der Waals surface area contributed by atoms with Crippen LogP contribution in [0.4, 0.5) is 5.69 Å². The second kappa shape index (κ2) is 6.37. The Morgan fingerprint density at radius 2 is 1.82 bits per heavy atom. The highest BCUT2D eigenvalue weighted by Gasteiger charge is 2.24. The topological polar surface area (TPSA) is 77.5 Å². The molecule has 0 aliphatic carbocycles. The molecular weight excluding hydrogens is 326 g/mol. The van der Waals surface area contributed by atoms with Crippen LogP contribution in [0.3, 0.4) is 0 Å². The van der Waals surface area contributed by atoms with Crippen LogP contribution in [0.1, 0.15) is 17.3 Å². The van der Waals surface area contributed by atoms with Gasteiger partial charge in [-0.15, -0.1) is 0 Å². The van der Waals surface area contributed by atoms with Crippen LogP contribution in [0.2, 0.25) is 5.02 Å². The molecule has 2 aromatic rings. The molecule has 0 saturated heterocycles. The van der Waals surface area contributed by atoms with Gasteiger partial charge in [-0.3, -0.25) is 4.31 Å². The van der Waals surface area contributed by atoms with Crippen LogP contribution in [0.25, 0.3) is 0 Å². The second-order valence-corrected chi connectivity index (χ2v) is 6.70. The molecule has 116 valence electrons. The number of sulfonamides is 1. The Balaban J connectivity index is 2.54.